The van der Waals surface area contributed by atoms with Gasteiger partial charge in [-0.05, 0) is 109 Å². The fraction of sp³-hybridized carbons (Fsp3) is 0.732. The molecule has 0 aromatic rings. The first-order valence-corrected chi connectivity index (χ1v) is 28.3. The Balaban J connectivity index is 4.82. The second-order valence-electron chi connectivity index (χ2n) is 17.7. The zero-order valence-electron chi connectivity index (χ0n) is 43.1. The van der Waals surface area contributed by atoms with Crippen LogP contribution in [0.1, 0.15) is 226 Å². The Morgan fingerprint density at radius 1 is 0.426 bits per heavy atom. The van der Waals surface area contributed by atoms with Crippen molar-refractivity contribution in [2.45, 2.75) is 238 Å². The maximum Gasteiger partial charge on any atom is 0.472 e. The van der Waals surface area contributed by atoms with Crippen LogP contribution in [0.3, 0.4) is 0 Å². The van der Waals surface area contributed by atoms with Crippen molar-refractivity contribution >= 4 is 25.7 Å². The van der Waals surface area contributed by atoms with Crippen molar-refractivity contribution in [1.29, 1.82) is 0 Å². The molecule has 0 fully saturated rings. The number of unbranched alkanes of at least 4 members (excludes halogenated alkanes) is 20. The van der Waals surface area contributed by atoms with Crippen molar-refractivity contribution in [2.75, 3.05) is 26.4 Å². The first-order valence-electron chi connectivity index (χ1n) is 26.8. The summed E-state index contributed by atoms with van der Waals surface area (Å²) in [5, 5.41) is 9.78. The van der Waals surface area contributed by atoms with E-state index >= 15 is 0 Å². The van der Waals surface area contributed by atoms with Gasteiger partial charge in [-0.25, -0.2) is 4.57 Å². The summed E-state index contributed by atoms with van der Waals surface area (Å²) < 4.78 is 39.3. The van der Waals surface area contributed by atoms with Gasteiger partial charge in [0.05, 0.1) is 19.8 Å². The highest BCUT2D eigenvalue weighted by atomic mass is 31.2. The van der Waals surface area contributed by atoms with E-state index in [9.17, 15) is 28.9 Å². The van der Waals surface area contributed by atoms with Gasteiger partial charge in [0.1, 0.15) is 12.7 Å². The van der Waals surface area contributed by atoms with E-state index in [1.807, 2.05) is 0 Å². The largest absolute Gasteiger partial charge is 0.472 e. The molecule has 68 heavy (non-hydrogen) atoms. The van der Waals surface area contributed by atoms with Crippen LogP contribution in [0.25, 0.3) is 0 Å². The van der Waals surface area contributed by atoms with E-state index in [-0.39, 0.29) is 25.9 Å². The monoisotopic (exact) mass is 977 g/mol. The molecule has 0 saturated carbocycles. The van der Waals surface area contributed by atoms with E-state index in [1.54, 1.807) is 0 Å². The van der Waals surface area contributed by atoms with Gasteiger partial charge in [-0.15, -0.1) is 0 Å². The SMILES string of the molecule is CC/C=C\C/C=C\C/C=C\C/C=C\CCCCC(=O)OC(COC(=O)CCCCCCC/C=C\CCCCCC)COP(=O)(O)OCC(CO)OC(=O)CCCCCCC/C=C\CCCCCC. The van der Waals surface area contributed by atoms with Crippen LogP contribution in [0.2, 0.25) is 0 Å². The summed E-state index contributed by atoms with van der Waals surface area (Å²) in [6.07, 6.45) is 54.4. The van der Waals surface area contributed by atoms with Gasteiger partial charge in [0.25, 0.3) is 0 Å². The Labute approximate surface area is 414 Å². The summed E-state index contributed by atoms with van der Waals surface area (Å²) >= 11 is 0. The third-order valence-corrected chi connectivity index (χ3v) is 12.0. The molecular weight excluding hydrogens is 880 g/mol. The standard InChI is InChI=1S/C56H97O11P/c1-4-7-10-13-16-19-22-25-26-29-32-35-38-41-44-47-56(60)67-53(49-63-54(58)45-42-39-36-33-30-27-23-20-17-14-11-8-5-2)51-65-68(61,62)64-50-52(48-57)66-55(59)46-43-40-37-34-31-28-24-21-18-15-12-9-6-3/h7,10,16,19-21,23-26,32,35,52-53,57H,4-6,8-9,11-15,17-18,22,27-31,33-34,36-51H2,1-3H3,(H,61,62)/b10-7-,19-16-,23-20-,24-21-,26-25-,35-32-. The van der Waals surface area contributed by atoms with Crippen LogP contribution in [-0.4, -0.2) is 66.5 Å². The van der Waals surface area contributed by atoms with Crippen molar-refractivity contribution in [3.8, 4) is 0 Å². The van der Waals surface area contributed by atoms with Crippen molar-refractivity contribution in [2.24, 2.45) is 0 Å². The topological polar surface area (TPSA) is 155 Å². The summed E-state index contributed by atoms with van der Waals surface area (Å²) in [6, 6.07) is 0. The van der Waals surface area contributed by atoms with Gasteiger partial charge in [0.15, 0.2) is 6.10 Å². The Morgan fingerprint density at radius 2 is 0.765 bits per heavy atom. The van der Waals surface area contributed by atoms with Gasteiger partial charge in [-0.3, -0.25) is 23.4 Å². The maximum atomic E-state index is 12.9. The number of hydrogen-bond acceptors (Lipinski definition) is 10. The molecule has 392 valence electrons. The molecule has 0 aromatic carbocycles. The van der Waals surface area contributed by atoms with Crippen LogP contribution in [0.4, 0.5) is 0 Å². The second kappa shape index (κ2) is 50.3. The lowest BCUT2D eigenvalue weighted by Crippen LogP contribution is -2.30. The summed E-state index contributed by atoms with van der Waals surface area (Å²) in [4.78, 5) is 48.3. The quantitative estimate of drug-likeness (QED) is 0.0197. The normalized spacial score (nSPS) is 14.0. The molecular formula is C56H97O11P. The Morgan fingerprint density at radius 3 is 1.22 bits per heavy atom. The van der Waals surface area contributed by atoms with E-state index < -0.39 is 57.8 Å². The number of ether oxygens (including phenoxy) is 3. The minimum atomic E-state index is -4.76. The van der Waals surface area contributed by atoms with Crippen LogP contribution in [0.15, 0.2) is 72.9 Å². The predicted octanol–water partition coefficient (Wildman–Crippen LogP) is 15.4. The van der Waals surface area contributed by atoms with Gasteiger partial charge >= 0.3 is 25.7 Å². The fourth-order valence-corrected chi connectivity index (χ4v) is 7.77. The number of esters is 3. The average molecular weight is 977 g/mol. The molecule has 2 N–H and O–H groups in total. The van der Waals surface area contributed by atoms with Gasteiger partial charge in [-0.1, -0.05) is 171 Å². The molecule has 0 heterocycles. The third kappa shape index (κ3) is 48.0. The van der Waals surface area contributed by atoms with Crippen molar-refractivity contribution in [3.63, 3.8) is 0 Å². The summed E-state index contributed by atoms with van der Waals surface area (Å²) in [6.45, 7) is 4.42. The molecule has 0 aliphatic rings. The summed E-state index contributed by atoms with van der Waals surface area (Å²) in [5.41, 5.74) is 0. The van der Waals surface area contributed by atoms with Crippen LogP contribution < -0.4 is 0 Å². The first kappa shape index (κ1) is 64.9. The number of rotatable bonds is 49. The van der Waals surface area contributed by atoms with E-state index in [4.69, 9.17) is 23.3 Å². The van der Waals surface area contributed by atoms with Crippen molar-refractivity contribution in [1.82, 2.24) is 0 Å². The third-order valence-electron chi connectivity index (χ3n) is 11.1. The summed E-state index contributed by atoms with van der Waals surface area (Å²) in [7, 11) is -4.76. The molecule has 0 aliphatic heterocycles. The fourth-order valence-electron chi connectivity index (χ4n) is 6.98. The molecule has 0 rings (SSSR count). The molecule has 3 atom stereocenters. The van der Waals surface area contributed by atoms with Gasteiger partial charge in [0, 0.05) is 19.3 Å². The highest BCUT2D eigenvalue weighted by Gasteiger charge is 2.28. The van der Waals surface area contributed by atoms with Crippen molar-refractivity contribution < 1.29 is 52.2 Å². The Hall–Kier alpha value is -3.08. The van der Waals surface area contributed by atoms with Crippen LogP contribution in [0, 0.1) is 0 Å². The highest BCUT2D eigenvalue weighted by Crippen LogP contribution is 2.43. The van der Waals surface area contributed by atoms with Crippen LogP contribution in [0.5, 0.6) is 0 Å². The van der Waals surface area contributed by atoms with E-state index in [2.05, 4.69) is 93.7 Å². The predicted molar refractivity (Wildman–Crippen MR) is 279 cm³/mol. The number of phosphoric acid groups is 1. The number of allylic oxidation sites excluding steroid dienone is 12. The Kier molecular flexibility index (Phi) is 48.0. The number of aliphatic hydroxyl groups is 1. The Bertz CT molecular complexity index is 1420. The average Bonchev–Trinajstić information content (AvgIpc) is 3.32. The molecule has 0 aliphatic carbocycles. The van der Waals surface area contributed by atoms with Crippen LogP contribution >= 0.6 is 7.82 Å². The molecule has 11 nitrogen and oxygen atoms in total. The molecule has 0 radical (unpaired) electrons. The minimum absolute atomic E-state index is 0.112. The molecule has 0 bridgehead atoms. The lowest BCUT2D eigenvalue weighted by Gasteiger charge is -2.21. The molecule has 0 aromatic heterocycles. The van der Waals surface area contributed by atoms with E-state index in [0.29, 0.717) is 19.3 Å². The molecule has 0 spiro atoms. The minimum Gasteiger partial charge on any atom is -0.462 e. The molecule has 0 saturated heterocycles. The zero-order valence-corrected chi connectivity index (χ0v) is 43.9. The molecule has 0 amide bonds. The van der Waals surface area contributed by atoms with Crippen LogP contribution in [-0.2, 0) is 42.2 Å². The highest BCUT2D eigenvalue weighted by molar-refractivity contribution is 7.47. The number of aliphatic hydroxyl groups excluding tert-OH is 1. The zero-order chi connectivity index (χ0) is 49.9. The smallest absolute Gasteiger partial charge is 0.462 e. The number of carbonyl (C=O) groups is 3. The van der Waals surface area contributed by atoms with E-state index in [0.717, 1.165) is 116 Å². The van der Waals surface area contributed by atoms with Crippen molar-refractivity contribution in [3.05, 3.63) is 72.9 Å². The van der Waals surface area contributed by atoms with Gasteiger partial charge in [0.2, 0.25) is 0 Å². The maximum absolute atomic E-state index is 12.9. The first-order chi connectivity index (χ1) is 33.2. The van der Waals surface area contributed by atoms with Gasteiger partial charge in [-0.2, -0.15) is 0 Å². The lowest BCUT2D eigenvalue weighted by molar-refractivity contribution is -0.161. The number of carbonyl (C=O) groups excluding carboxylic acids is 3. The van der Waals surface area contributed by atoms with Gasteiger partial charge < -0.3 is 24.2 Å². The second-order valence-corrected chi connectivity index (χ2v) is 19.1. The number of phosphoric ester groups is 1. The molecule has 3 unspecified atom stereocenters. The van der Waals surface area contributed by atoms with E-state index in [1.165, 1.54) is 51.4 Å². The number of hydrogen-bond donors (Lipinski definition) is 2. The summed E-state index contributed by atoms with van der Waals surface area (Å²) in [5.74, 6) is -1.54. The molecule has 12 heteroatoms. The lowest BCUT2D eigenvalue weighted by atomic mass is 10.1.